The average Bonchev–Trinajstić information content (AvgIpc) is 2.81. The van der Waals surface area contributed by atoms with E-state index < -0.39 is 0 Å². The molecule has 0 spiro atoms. The van der Waals surface area contributed by atoms with Crippen molar-refractivity contribution in [2.75, 3.05) is 6.61 Å². The molecule has 0 unspecified atom stereocenters. The van der Waals surface area contributed by atoms with Crippen molar-refractivity contribution >= 4 is 0 Å². The van der Waals surface area contributed by atoms with Gasteiger partial charge in [0.25, 0.3) is 0 Å². The van der Waals surface area contributed by atoms with Crippen LogP contribution in [0.1, 0.15) is 29.8 Å². The smallest absolute Gasteiger partial charge is 0.101 e. The van der Waals surface area contributed by atoms with Crippen molar-refractivity contribution in [3.63, 3.8) is 0 Å². The molecular formula is C12H16N2O. The van der Waals surface area contributed by atoms with Crippen molar-refractivity contribution in [1.82, 2.24) is 4.57 Å². The predicted molar refractivity (Wildman–Crippen MR) is 57.6 cm³/mol. The SMILES string of the molecule is Cc1cc(C#N)c(C)n1C[C@@H]1CCCO1. The van der Waals surface area contributed by atoms with Gasteiger partial charge in [0.15, 0.2) is 0 Å². The fourth-order valence-corrected chi connectivity index (χ4v) is 2.19. The first-order chi connectivity index (χ1) is 7.22. The van der Waals surface area contributed by atoms with Crippen LogP contribution in [0.15, 0.2) is 6.07 Å². The summed E-state index contributed by atoms with van der Waals surface area (Å²) in [5, 5.41) is 8.92. The molecule has 0 bridgehead atoms. The Bertz CT molecular complexity index is 394. The molecule has 1 saturated heterocycles. The molecule has 2 rings (SSSR count). The van der Waals surface area contributed by atoms with Gasteiger partial charge < -0.3 is 9.30 Å². The normalized spacial score (nSPS) is 20.5. The van der Waals surface area contributed by atoms with Crippen LogP contribution < -0.4 is 0 Å². The molecule has 1 aromatic heterocycles. The largest absolute Gasteiger partial charge is 0.376 e. The van der Waals surface area contributed by atoms with Crippen molar-refractivity contribution < 1.29 is 4.74 Å². The number of hydrogen-bond acceptors (Lipinski definition) is 2. The second-order valence-electron chi connectivity index (χ2n) is 4.14. The highest BCUT2D eigenvalue weighted by molar-refractivity contribution is 5.37. The molecule has 1 aliphatic heterocycles. The minimum Gasteiger partial charge on any atom is -0.376 e. The van der Waals surface area contributed by atoms with Crippen LogP contribution in [-0.2, 0) is 11.3 Å². The number of rotatable bonds is 2. The molecule has 80 valence electrons. The van der Waals surface area contributed by atoms with Crippen LogP contribution >= 0.6 is 0 Å². The molecule has 0 amide bonds. The lowest BCUT2D eigenvalue weighted by atomic mass is 10.2. The minimum absolute atomic E-state index is 0.335. The van der Waals surface area contributed by atoms with Crippen molar-refractivity contribution in [2.24, 2.45) is 0 Å². The standard InChI is InChI=1S/C12H16N2O/c1-9-6-11(7-13)10(2)14(9)8-12-4-3-5-15-12/h6,12H,3-5,8H2,1-2H3/t12-/m0/s1. The van der Waals surface area contributed by atoms with Crippen molar-refractivity contribution in [2.45, 2.75) is 39.3 Å². The summed E-state index contributed by atoms with van der Waals surface area (Å²) in [5.41, 5.74) is 3.00. The Kier molecular flexibility index (Phi) is 2.79. The van der Waals surface area contributed by atoms with Crippen molar-refractivity contribution in [3.8, 4) is 6.07 Å². The third kappa shape index (κ3) is 1.91. The maximum Gasteiger partial charge on any atom is 0.101 e. The van der Waals surface area contributed by atoms with E-state index in [4.69, 9.17) is 10.00 Å². The van der Waals surface area contributed by atoms with Crippen LogP contribution in [0.2, 0.25) is 0 Å². The number of nitriles is 1. The molecule has 2 heterocycles. The molecule has 1 aromatic rings. The topological polar surface area (TPSA) is 38.0 Å². The van der Waals surface area contributed by atoms with Gasteiger partial charge in [-0.05, 0) is 32.8 Å². The van der Waals surface area contributed by atoms with Gasteiger partial charge in [-0.1, -0.05) is 0 Å². The maximum atomic E-state index is 8.92. The second-order valence-corrected chi connectivity index (χ2v) is 4.14. The molecule has 0 aromatic carbocycles. The Morgan fingerprint density at radius 3 is 2.93 bits per heavy atom. The van der Waals surface area contributed by atoms with Gasteiger partial charge >= 0.3 is 0 Å². The Balaban J connectivity index is 2.20. The fraction of sp³-hybridized carbons (Fsp3) is 0.583. The summed E-state index contributed by atoms with van der Waals surface area (Å²) >= 11 is 0. The predicted octanol–water partition coefficient (Wildman–Crippen LogP) is 2.16. The van der Waals surface area contributed by atoms with Gasteiger partial charge in [0, 0.05) is 24.5 Å². The molecule has 0 saturated carbocycles. The fourth-order valence-electron chi connectivity index (χ4n) is 2.19. The zero-order valence-corrected chi connectivity index (χ0v) is 9.29. The second kappa shape index (κ2) is 4.08. The molecule has 0 aliphatic carbocycles. The summed E-state index contributed by atoms with van der Waals surface area (Å²) in [4.78, 5) is 0. The zero-order chi connectivity index (χ0) is 10.8. The highest BCUT2D eigenvalue weighted by Gasteiger charge is 2.18. The number of ether oxygens (including phenoxy) is 1. The molecular weight excluding hydrogens is 188 g/mol. The van der Waals surface area contributed by atoms with Gasteiger partial charge in [0.1, 0.15) is 6.07 Å². The minimum atomic E-state index is 0.335. The Hall–Kier alpha value is -1.27. The van der Waals surface area contributed by atoms with E-state index in [1.165, 1.54) is 0 Å². The molecule has 3 heteroatoms. The first kappa shape index (κ1) is 10.3. The van der Waals surface area contributed by atoms with E-state index >= 15 is 0 Å². The van der Waals surface area contributed by atoms with Crippen LogP contribution in [0.25, 0.3) is 0 Å². The first-order valence-electron chi connectivity index (χ1n) is 5.41. The van der Waals surface area contributed by atoms with E-state index in [0.29, 0.717) is 6.10 Å². The monoisotopic (exact) mass is 204 g/mol. The van der Waals surface area contributed by atoms with Crippen LogP contribution in [-0.4, -0.2) is 17.3 Å². The van der Waals surface area contributed by atoms with Gasteiger partial charge in [-0.15, -0.1) is 0 Å². The van der Waals surface area contributed by atoms with Gasteiger partial charge in [-0.2, -0.15) is 5.26 Å². The van der Waals surface area contributed by atoms with E-state index in [1.54, 1.807) is 0 Å². The third-order valence-corrected chi connectivity index (χ3v) is 3.10. The van der Waals surface area contributed by atoms with Gasteiger partial charge in [0.05, 0.1) is 11.7 Å². The number of aryl methyl sites for hydroxylation is 1. The van der Waals surface area contributed by atoms with Crippen LogP contribution in [0.5, 0.6) is 0 Å². The number of nitrogens with zero attached hydrogens (tertiary/aromatic N) is 2. The highest BCUT2D eigenvalue weighted by atomic mass is 16.5. The summed E-state index contributed by atoms with van der Waals surface area (Å²) in [5.74, 6) is 0. The van der Waals surface area contributed by atoms with Crippen molar-refractivity contribution in [1.29, 1.82) is 5.26 Å². The zero-order valence-electron chi connectivity index (χ0n) is 9.29. The third-order valence-electron chi connectivity index (χ3n) is 3.10. The van der Waals surface area contributed by atoms with E-state index in [1.807, 2.05) is 19.9 Å². The number of hydrogen-bond donors (Lipinski definition) is 0. The summed E-state index contributed by atoms with van der Waals surface area (Å²) in [6.07, 6.45) is 2.63. The molecule has 3 nitrogen and oxygen atoms in total. The first-order valence-corrected chi connectivity index (χ1v) is 5.41. The molecule has 1 aliphatic rings. The lowest BCUT2D eigenvalue weighted by Crippen LogP contribution is -2.16. The Morgan fingerprint density at radius 1 is 1.60 bits per heavy atom. The van der Waals surface area contributed by atoms with Crippen LogP contribution in [0, 0.1) is 25.2 Å². The van der Waals surface area contributed by atoms with E-state index in [-0.39, 0.29) is 0 Å². The quantitative estimate of drug-likeness (QED) is 0.740. The Morgan fingerprint density at radius 2 is 2.40 bits per heavy atom. The van der Waals surface area contributed by atoms with E-state index in [9.17, 15) is 0 Å². The summed E-state index contributed by atoms with van der Waals surface area (Å²) < 4.78 is 7.80. The molecule has 0 N–H and O–H groups in total. The summed E-state index contributed by atoms with van der Waals surface area (Å²) in [7, 11) is 0. The average molecular weight is 204 g/mol. The lowest BCUT2D eigenvalue weighted by Gasteiger charge is -2.14. The van der Waals surface area contributed by atoms with Gasteiger partial charge in [-0.25, -0.2) is 0 Å². The van der Waals surface area contributed by atoms with Crippen LogP contribution in [0.4, 0.5) is 0 Å². The molecule has 0 radical (unpaired) electrons. The Labute approximate surface area is 90.3 Å². The van der Waals surface area contributed by atoms with Gasteiger partial charge in [-0.3, -0.25) is 0 Å². The lowest BCUT2D eigenvalue weighted by molar-refractivity contribution is 0.0962. The molecule has 1 fully saturated rings. The van der Waals surface area contributed by atoms with E-state index in [2.05, 4.69) is 10.6 Å². The summed E-state index contributed by atoms with van der Waals surface area (Å²) in [6, 6.07) is 4.17. The highest BCUT2D eigenvalue weighted by Crippen LogP contribution is 2.19. The van der Waals surface area contributed by atoms with Crippen molar-refractivity contribution in [3.05, 3.63) is 23.0 Å². The number of aromatic nitrogens is 1. The van der Waals surface area contributed by atoms with Crippen LogP contribution in [0.3, 0.4) is 0 Å². The maximum absolute atomic E-state index is 8.92. The van der Waals surface area contributed by atoms with Gasteiger partial charge in [0.2, 0.25) is 0 Å². The molecule has 15 heavy (non-hydrogen) atoms. The summed E-state index contributed by atoms with van der Waals surface area (Å²) in [6.45, 7) is 5.82. The molecule has 1 atom stereocenters. The van der Waals surface area contributed by atoms with E-state index in [0.717, 1.165) is 42.9 Å².